The third-order valence-corrected chi connectivity index (χ3v) is 2.71. The van der Waals surface area contributed by atoms with Gasteiger partial charge in [-0.1, -0.05) is 52.0 Å². The molecule has 1 atom stereocenters. The highest BCUT2D eigenvalue weighted by Crippen LogP contribution is 2.27. The molecular weight excluding hydrogens is 184 g/mol. The molecule has 1 nitrogen and oxygen atoms in total. The van der Waals surface area contributed by atoms with E-state index in [0.717, 1.165) is 6.42 Å². The lowest BCUT2D eigenvalue weighted by Gasteiger charge is -2.24. The Hall–Kier alpha value is -0.820. The van der Waals surface area contributed by atoms with Gasteiger partial charge in [0.1, 0.15) is 0 Å². The molecule has 0 amide bonds. The zero-order chi connectivity index (χ0) is 11.5. The first kappa shape index (κ1) is 12.3. The van der Waals surface area contributed by atoms with Crippen LogP contribution in [0.1, 0.15) is 38.8 Å². The van der Waals surface area contributed by atoms with E-state index < -0.39 is 0 Å². The zero-order valence-electron chi connectivity index (χ0n) is 10.2. The van der Waals surface area contributed by atoms with Gasteiger partial charge in [0.05, 0.1) is 0 Å². The monoisotopic (exact) mass is 206 g/mol. The molecule has 15 heavy (non-hydrogen) atoms. The van der Waals surface area contributed by atoms with Crippen molar-refractivity contribution in [1.82, 2.24) is 0 Å². The van der Waals surface area contributed by atoms with Crippen molar-refractivity contribution in [2.75, 3.05) is 6.61 Å². The molecular formula is C14H22O. The molecule has 84 valence electrons. The van der Waals surface area contributed by atoms with E-state index in [1.54, 1.807) is 0 Å². The highest BCUT2D eigenvalue weighted by atomic mass is 16.3. The van der Waals surface area contributed by atoms with Crippen molar-refractivity contribution in [3.63, 3.8) is 0 Å². The van der Waals surface area contributed by atoms with E-state index in [1.807, 2.05) is 0 Å². The Morgan fingerprint density at radius 3 is 2.33 bits per heavy atom. The Bertz CT molecular complexity index is 309. The van der Waals surface area contributed by atoms with Crippen LogP contribution in [0.4, 0.5) is 0 Å². The summed E-state index contributed by atoms with van der Waals surface area (Å²) in [5, 5.41) is 9.09. The van der Waals surface area contributed by atoms with Crippen LogP contribution in [0.2, 0.25) is 0 Å². The van der Waals surface area contributed by atoms with Gasteiger partial charge in [0, 0.05) is 6.61 Å². The third kappa shape index (κ3) is 3.35. The number of aliphatic hydroxyl groups is 1. The SMILES string of the molecule is CC(CO)Cc1ccccc1C(C)(C)C. The van der Waals surface area contributed by atoms with E-state index in [1.165, 1.54) is 11.1 Å². The van der Waals surface area contributed by atoms with Crippen LogP contribution in [0.15, 0.2) is 24.3 Å². The van der Waals surface area contributed by atoms with Crippen molar-refractivity contribution < 1.29 is 5.11 Å². The highest BCUT2D eigenvalue weighted by molar-refractivity contribution is 5.33. The molecule has 0 heterocycles. The van der Waals surface area contributed by atoms with Crippen LogP contribution in [-0.2, 0) is 11.8 Å². The minimum atomic E-state index is 0.186. The zero-order valence-corrected chi connectivity index (χ0v) is 10.2. The van der Waals surface area contributed by atoms with Gasteiger partial charge in [-0.3, -0.25) is 0 Å². The van der Waals surface area contributed by atoms with Crippen molar-refractivity contribution in [3.05, 3.63) is 35.4 Å². The Labute approximate surface area is 93.1 Å². The molecule has 0 fully saturated rings. The van der Waals surface area contributed by atoms with Gasteiger partial charge in [-0.05, 0) is 28.9 Å². The summed E-state index contributed by atoms with van der Waals surface area (Å²) in [6, 6.07) is 8.54. The Balaban J connectivity index is 2.97. The van der Waals surface area contributed by atoms with E-state index in [-0.39, 0.29) is 12.0 Å². The molecule has 0 aliphatic rings. The smallest absolute Gasteiger partial charge is 0.0459 e. The van der Waals surface area contributed by atoms with Crippen molar-refractivity contribution >= 4 is 0 Å². The minimum absolute atomic E-state index is 0.186. The Morgan fingerprint density at radius 2 is 1.80 bits per heavy atom. The van der Waals surface area contributed by atoms with Gasteiger partial charge in [0.15, 0.2) is 0 Å². The van der Waals surface area contributed by atoms with E-state index in [2.05, 4.69) is 52.0 Å². The largest absolute Gasteiger partial charge is 0.396 e. The number of rotatable bonds is 3. The van der Waals surface area contributed by atoms with E-state index in [4.69, 9.17) is 5.11 Å². The molecule has 0 aliphatic heterocycles. The second kappa shape index (κ2) is 4.80. The summed E-state index contributed by atoms with van der Waals surface area (Å²) >= 11 is 0. The van der Waals surface area contributed by atoms with Gasteiger partial charge in [0.2, 0.25) is 0 Å². The fraction of sp³-hybridized carbons (Fsp3) is 0.571. The number of hydrogen-bond donors (Lipinski definition) is 1. The summed E-state index contributed by atoms with van der Waals surface area (Å²) in [6.45, 7) is 9.04. The predicted molar refractivity (Wildman–Crippen MR) is 65.1 cm³/mol. The molecule has 1 unspecified atom stereocenters. The normalized spacial score (nSPS) is 13.9. The summed E-state index contributed by atoms with van der Waals surface area (Å²) in [4.78, 5) is 0. The fourth-order valence-electron chi connectivity index (χ4n) is 1.87. The topological polar surface area (TPSA) is 20.2 Å². The number of aliphatic hydroxyl groups excluding tert-OH is 1. The Kier molecular flexibility index (Phi) is 3.92. The summed E-state index contributed by atoms with van der Waals surface area (Å²) in [5.41, 5.74) is 2.95. The van der Waals surface area contributed by atoms with Crippen LogP contribution < -0.4 is 0 Å². The molecule has 0 saturated heterocycles. The standard InChI is InChI=1S/C14H22O/c1-11(10-15)9-12-7-5-6-8-13(12)14(2,3)4/h5-8,11,15H,9-10H2,1-4H3. The van der Waals surface area contributed by atoms with Crippen molar-refractivity contribution in [1.29, 1.82) is 0 Å². The van der Waals surface area contributed by atoms with E-state index >= 15 is 0 Å². The second-order valence-corrected chi connectivity index (χ2v) is 5.40. The summed E-state index contributed by atoms with van der Waals surface area (Å²) in [7, 11) is 0. The predicted octanol–water partition coefficient (Wildman–Crippen LogP) is 3.16. The minimum Gasteiger partial charge on any atom is -0.396 e. The summed E-state index contributed by atoms with van der Waals surface area (Å²) in [5.74, 6) is 0.341. The summed E-state index contributed by atoms with van der Waals surface area (Å²) in [6.07, 6.45) is 0.962. The molecule has 1 heteroatoms. The molecule has 0 aromatic heterocycles. The van der Waals surface area contributed by atoms with Crippen LogP contribution >= 0.6 is 0 Å². The quantitative estimate of drug-likeness (QED) is 0.805. The molecule has 0 saturated carbocycles. The first-order valence-electron chi connectivity index (χ1n) is 5.64. The molecule has 0 radical (unpaired) electrons. The first-order valence-corrected chi connectivity index (χ1v) is 5.64. The highest BCUT2D eigenvalue weighted by Gasteiger charge is 2.17. The molecule has 1 aromatic carbocycles. The molecule has 0 spiro atoms. The maximum absolute atomic E-state index is 9.09. The summed E-state index contributed by atoms with van der Waals surface area (Å²) < 4.78 is 0. The molecule has 0 bridgehead atoms. The molecule has 1 N–H and O–H groups in total. The lowest BCUT2D eigenvalue weighted by molar-refractivity contribution is 0.236. The molecule has 1 rings (SSSR count). The third-order valence-electron chi connectivity index (χ3n) is 2.71. The maximum Gasteiger partial charge on any atom is 0.0459 e. The molecule has 1 aromatic rings. The van der Waals surface area contributed by atoms with Crippen LogP contribution in [0.25, 0.3) is 0 Å². The number of hydrogen-bond acceptors (Lipinski definition) is 1. The lowest BCUT2D eigenvalue weighted by Crippen LogP contribution is -2.16. The lowest BCUT2D eigenvalue weighted by atomic mass is 9.81. The molecule has 0 aliphatic carbocycles. The van der Waals surface area contributed by atoms with Crippen LogP contribution in [0.3, 0.4) is 0 Å². The van der Waals surface area contributed by atoms with Gasteiger partial charge in [0.25, 0.3) is 0 Å². The van der Waals surface area contributed by atoms with Crippen LogP contribution in [-0.4, -0.2) is 11.7 Å². The van der Waals surface area contributed by atoms with Crippen molar-refractivity contribution in [2.24, 2.45) is 5.92 Å². The fourth-order valence-corrected chi connectivity index (χ4v) is 1.87. The first-order chi connectivity index (χ1) is 6.95. The Morgan fingerprint density at radius 1 is 1.20 bits per heavy atom. The van der Waals surface area contributed by atoms with E-state index in [0.29, 0.717) is 5.92 Å². The van der Waals surface area contributed by atoms with Crippen molar-refractivity contribution in [3.8, 4) is 0 Å². The van der Waals surface area contributed by atoms with Crippen molar-refractivity contribution in [2.45, 2.75) is 39.5 Å². The maximum atomic E-state index is 9.09. The van der Waals surface area contributed by atoms with Gasteiger partial charge in [-0.25, -0.2) is 0 Å². The van der Waals surface area contributed by atoms with Crippen LogP contribution in [0.5, 0.6) is 0 Å². The number of benzene rings is 1. The average Bonchev–Trinajstić information content (AvgIpc) is 2.17. The van der Waals surface area contributed by atoms with E-state index in [9.17, 15) is 0 Å². The second-order valence-electron chi connectivity index (χ2n) is 5.40. The van der Waals surface area contributed by atoms with Gasteiger partial charge >= 0.3 is 0 Å². The van der Waals surface area contributed by atoms with Crippen LogP contribution in [0, 0.1) is 5.92 Å². The van der Waals surface area contributed by atoms with Gasteiger partial charge in [-0.15, -0.1) is 0 Å². The average molecular weight is 206 g/mol. The van der Waals surface area contributed by atoms with Gasteiger partial charge in [-0.2, -0.15) is 0 Å². The van der Waals surface area contributed by atoms with Gasteiger partial charge < -0.3 is 5.11 Å².